The van der Waals surface area contributed by atoms with Gasteiger partial charge in [-0.25, -0.2) is 4.68 Å². The lowest BCUT2D eigenvalue weighted by molar-refractivity contribution is 0.665. The van der Waals surface area contributed by atoms with Gasteiger partial charge < -0.3 is 5.73 Å². The Bertz CT molecular complexity index is 674. The zero-order valence-electron chi connectivity index (χ0n) is 11.8. The van der Waals surface area contributed by atoms with Gasteiger partial charge in [0.25, 0.3) is 5.56 Å². The van der Waals surface area contributed by atoms with E-state index < -0.39 is 6.04 Å². The highest BCUT2D eigenvalue weighted by Crippen LogP contribution is 2.21. The molecule has 19 heavy (non-hydrogen) atoms. The Morgan fingerprint density at radius 2 is 1.84 bits per heavy atom. The van der Waals surface area contributed by atoms with Gasteiger partial charge in [-0.2, -0.15) is 5.10 Å². The molecule has 100 valence electrons. The number of aryl methyl sites for hydroxylation is 4. The molecule has 1 aromatic heterocycles. The summed E-state index contributed by atoms with van der Waals surface area (Å²) in [6.07, 6.45) is 0. The summed E-state index contributed by atoms with van der Waals surface area (Å²) in [7, 11) is 1.65. The van der Waals surface area contributed by atoms with Crippen LogP contribution in [0.4, 0.5) is 0 Å². The maximum atomic E-state index is 12.2. The van der Waals surface area contributed by atoms with Gasteiger partial charge in [0, 0.05) is 12.6 Å². The average Bonchev–Trinajstić information content (AvgIpc) is 2.36. The van der Waals surface area contributed by atoms with Gasteiger partial charge in [0.1, 0.15) is 0 Å². The molecule has 1 atom stereocenters. The van der Waals surface area contributed by atoms with Crippen molar-refractivity contribution in [3.05, 3.63) is 62.6 Å². The summed E-state index contributed by atoms with van der Waals surface area (Å²) >= 11 is 0. The predicted molar refractivity (Wildman–Crippen MR) is 76.2 cm³/mol. The molecule has 0 fully saturated rings. The zero-order chi connectivity index (χ0) is 14.2. The summed E-state index contributed by atoms with van der Waals surface area (Å²) in [6, 6.07) is 7.47. The van der Waals surface area contributed by atoms with Gasteiger partial charge in [-0.3, -0.25) is 4.79 Å². The molecule has 1 heterocycles. The fraction of sp³-hybridized carbons (Fsp3) is 0.333. The first-order chi connectivity index (χ1) is 8.90. The molecule has 0 aliphatic heterocycles. The fourth-order valence-electron chi connectivity index (χ4n) is 2.27. The van der Waals surface area contributed by atoms with Gasteiger partial charge >= 0.3 is 0 Å². The Kier molecular flexibility index (Phi) is 3.53. The monoisotopic (exact) mass is 257 g/mol. The molecule has 0 bridgehead atoms. The van der Waals surface area contributed by atoms with Gasteiger partial charge in [-0.05, 0) is 38.0 Å². The van der Waals surface area contributed by atoms with Crippen molar-refractivity contribution in [2.75, 3.05) is 0 Å². The van der Waals surface area contributed by atoms with E-state index in [1.165, 1.54) is 4.68 Å². The van der Waals surface area contributed by atoms with E-state index in [-0.39, 0.29) is 5.56 Å². The van der Waals surface area contributed by atoms with Crippen LogP contribution in [0.2, 0.25) is 0 Å². The quantitative estimate of drug-likeness (QED) is 0.891. The number of nitrogens with zero attached hydrogens (tertiary/aromatic N) is 2. The van der Waals surface area contributed by atoms with Crippen LogP contribution in [-0.4, -0.2) is 9.78 Å². The van der Waals surface area contributed by atoms with E-state index in [1.54, 1.807) is 13.1 Å². The molecule has 0 radical (unpaired) electrons. The molecule has 0 aliphatic rings. The normalized spacial score (nSPS) is 12.5. The highest BCUT2D eigenvalue weighted by molar-refractivity contribution is 5.38. The Labute approximate surface area is 112 Å². The molecule has 0 aliphatic carbocycles. The van der Waals surface area contributed by atoms with Crippen LogP contribution in [0.15, 0.2) is 29.1 Å². The third-order valence-electron chi connectivity index (χ3n) is 3.32. The number of nitrogens with two attached hydrogens (primary N) is 1. The third-order valence-corrected chi connectivity index (χ3v) is 3.32. The van der Waals surface area contributed by atoms with Crippen molar-refractivity contribution in [1.29, 1.82) is 0 Å². The highest BCUT2D eigenvalue weighted by atomic mass is 16.1. The summed E-state index contributed by atoms with van der Waals surface area (Å²) in [4.78, 5) is 12.2. The van der Waals surface area contributed by atoms with Crippen LogP contribution in [0.1, 0.15) is 34.0 Å². The van der Waals surface area contributed by atoms with Crippen LogP contribution in [0.25, 0.3) is 0 Å². The number of hydrogen-bond acceptors (Lipinski definition) is 3. The van der Waals surface area contributed by atoms with E-state index >= 15 is 0 Å². The molecular formula is C15H19N3O. The van der Waals surface area contributed by atoms with E-state index in [9.17, 15) is 4.79 Å². The fourth-order valence-corrected chi connectivity index (χ4v) is 2.27. The van der Waals surface area contributed by atoms with Gasteiger partial charge in [0.2, 0.25) is 0 Å². The summed E-state index contributed by atoms with van der Waals surface area (Å²) in [6.45, 7) is 5.89. The maximum Gasteiger partial charge on any atom is 0.271 e. The van der Waals surface area contributed by atoms with Crippen LogP contribution in [0.3, 0.4) is 0 Å². The molecule has 0 saturated carbocycles. The zero-order valence-corrected chi connectivity index (χ0v) is 11.8. The lowest BCUT2D eigenvalue weighted by Gasteiger charge is -2.16. The minimum atomic E-state index is -0.416. The van der Waals surface area contributed by atoms with Gasteiger partial charge in [-0.15, -0.1) is 0 Å². The number of aromatic nitrogens is 2. The predicted octanol–water partition coefficient (Wildman–Crippen LogP) is 1.75. The summed E-state index contributed by atoms with van der Waals surface area (Å²) in [5, 5.41) is 4.10. The molecule has 4 nitrogen and oxygen atoms in total. The largest absolute Gasteiger partial charge is 0.320 e. The van der Waals surface area contributed by atoms with E-state index in [0.717, 1.165) is 22.4 Å². The van der Waals surface area contributed by atoms with Crippen LogP contribution in [-0.2, 0) is 7.05 Å². The van der Waals surface area contributed by atoms with E-state index in [2.05, 4.69) is 5.10 Å². The number of benzene rings is 1. The topological polar surface area (TPSA) is 60.9 Å². The lowest BCUT2D eigenvalue weighted by atomic mass is 9.95. The lowest BCUT2D eigenvalue weighted by Crippen LogP contribution is -2.29. The van der Waals surface area contributed by atoms with Crippen molar-refractivity contribution in [3.63, 3.8) is 0 Å². The van der Waals surface area contributed by atoms with Crippen LogP contribution >= 0.6 is 0 Å². The molecule has 0 spiro atoms. The van der Waals surface area contributed by atoms with Crippen LogP contribution in [0, 0.1) is 20.8 Å². The third kappa shape index (κ3) is 2.58. The van der Waals surface area contributed by atoms with Crippen LogP contribution in [0.5, 0.6) is 0 Å². The molecule has 0 amide bonds. The van der Waals surface area contributed by atoms with Crippen molar-refractivity contribution in [2.45, 2.75) is 26.8 Å². The highest BCUT2D eigenvalue weighted by Gasteiger charge is 2.16. The number of rotatable bonds is 2. The molecule has 2 rings (SSSR count). The minimum absolute atomic E-state index is 0.140. The first kappa shape index (κ1) is 13.5. The molecule has 1 unspecified atom stereocenters. The Morgan fingerprint density at radius 3 is 2.53 bits per heavy atom. The molecule has 4 heteroatoms. The summed E-state index contributed by atoms with van der Waals surface area (Å²) < 4.78 is 1.34. The molecule has 1 aromatic carbocycles. The minimum Gasteiger partial charge on any atom is -0.320 e. The van der Waals surface area contributed by atoms with E-state index in [0.29, 0.717) is 5.56 Å². The van der Waals surface area contributed by atoms with E-state index in [4.69, 9.17) is 5.73 Å². The molecule has 2 aromatic rings. The average molecular weight is 257 g/mol. The standard InChI is InChI=1S/C15H19N3O/c1-9-5-6-10(2)12(7-9)14(16)13-8-11(3)17-18(4)15(13)19/h5-8,14H,16H2,1-4H3. The van der Waals surface area contributed by atoms with Gasteiger partial charge in [-0.1, -0.05) is 23.8 Å². The first-order valence-corrected chi connectivity index (χ1v) is 6.27. The van der Waals surface area contributed by atoms with Gasteiger partial charge in [0.05, 0.1) is 11.7 Å². The molecule has 0 saturated heterocycles. The SMILES string of the molecule is Cc1ccc(C)c(C(N)c2cc(C)nn(C)c2=O)c1. The second-order valence-electron chi connectivity index (χ2n) is 5.01. The maximum absolute atomic E-state index is 12.2. The van der Waals surface area contributed by atoms with Crippen molar-refractivity contribution in [2.24, 2.45) is 12.8 Å². The molecular weight excluding hydrogens is 238 g/mol. The first-order valence-electron chi connectivity index (χ1n) is 6.27. The smallest absolute Gasteiger partial charge is 0.271 e. The van der Waals surface area contributed by atoms with E-state index in [1.807, 2.05) is 39.0 Å². The Morgan fingerprint density at radius 1 is 1.16 bits per heavy atom. The Balaban J connectivity index is 2.59. The summed E-state index contributed by atoms with van der Waals surface area (Å²) in [5.41, 5.74) is 10.7. The second-order valence-corrected chi connectivity index (χ2v) is 5.01. The van der Waals surface area contributed by atoms with Crippen molar-refractivity contribution >= 4 is 0 Å². The molecule has 2 N–H and O–H groups in total. The Hall–Kier alpha value is -1.94. The van der Waals surface area contributed by atoms with Crippen molar-refractivity contribution in [3.8, 4) is 0 Å². The number of hydrogen-bond donors (Lipinski definition) is 1. The van der Waals surface area contributed by atoms with Crippen molar-refractivity contribution < 1.29 is 0 Å². The van der Waals surface area contributed by atoms with Crippen molar-refractivity contribution in [1.82, 2.24) is 9.78 Å². The second kappa shape index (κ2) is 4.97. The van der Waals surface area contributed by atoms with Crippen LogP contribution < -0.4 is 11.3 Å². The van der Waals surface area contributed by atoms with Gasteiger partial charge in [0.15, 0.2) is 0 Å². The summed E-state index contributed by atoms with van der Waals surface area (Å²) in [5.74, 6) is 0.